The number of para-hydroxylation sites is 1. The summed E-state index contributed by atoms with van der Waals surface area (Å²) in [6, 6.07) is 9.85. The third-order valence-electron chi connectivity index (χ3n) is 5.77. The van der Waals surface area contributed by atoms with Crippen LogP contribution in [0.5, 0.6) is 5.75 Å². The number of aromatic nitrogens is 3. The summed E-state index contributed by atoms with van der Waals surface area (Å²) in [4.78, 5) is 20.3. The Morgan fingerprint density at radius 2 is 2.05 bits per heavy atom. The van der Waals surface area contributed by atoms with Crippen LogP contribution in [0.3, 0.4) is 0 Å². The summed E-state index contributed by atoms with van der Waals surface area (Å²) >= 11 is 6.08. The zero-order chi connectivity index (χ0) is 28.4. The van der Waals surface area contributed by atoms with Crippen LogP contribution in [0.2, 0.25) is 5.15 Å². The second kappa shape index (κ2) is 11.6. The topological polar surface area (TPSA) is 158 Å². The van der Waals surface area contributed by atoms with E-state index in [-0.39, 0.29) is 16.5 Å². The molecule has 12 nitrogen and oxygen atoms in total. The van der Waals surface area contributed by atoms with E-state index in [1.165, 1.54) is 42.0 Å². The molecule has 1 aliphatic heterocycles. The number of esters is 1. The molecule has 0 saturated carbocycles. The van der Waals surface area contributed by atoms with Gasteiger partial charge in [0.1, 0.15) is 47.2 Å². The SMILES string of the molecule is CC(C)OC(=O)[C@@H](C)NP(=O)(OC[C@H]1O[C@@H](n2ccc3c(Cl)ncnc32)[C@@](F)(C#N)[C@@H]1O)Oc1ccccc1. The van der Waals surface area contributed by atoms with Gasteiger partial charge in [-0.2, -0.15) is 10.3 Å². The number of nitriles is 1. The van der Waals surface area contributed by atoms with E-state index in [2.05, 4.69) is 15.1 Å². The summed E-state index contributed by atoms with van der Waals surface area (Å²) in [6.45, 7) is 4.03. The van der Waals surface area contributed by atoms with Crippen molar-refractivity contribution in [3.8, 4) is 11.8 Å². The van der Waals surface area contributed by atoms with Crippen molar-refractivity contribution in [2.24, 2.45) is 0 Å². The molecule has 1 saturated heterocycles. The van der Waals surface area contributed by atoms with Gasteiger partial charge in [0.25, 0.3) is 5.67 Å². The lowest BCUT2D eigenvalue weighted by Gasteiger charge is -2.25. The van der Waals surface area contributed by atoms with Crippen molar-refractivity contribution < 1.29 is 37.4 Å². The predicted octanol–water partition coefficient (Wildman–Crippen LogP) is 3.71. The second-order valence-corrected chi connectivity index (χ2v) is 11.1. The number of halogens is 2. The number of nitrogens with one attached hydrogen (secondary N) is 1. The molecule has 0 radical (unpaired) electrons. The first-order chi connectivity index (χ1) is 18.5. The third-order valence-corrected chi connectivity index (χ3v) is 7.71. The Morgan fingerprint density at radius 3 is 2.72 bits per heavy atom. The fourth-order valence-corrected chi connectivity index (χ4v) is 5.60. The summed E-state index contributed by atoms with van der Waals surface area (Å²) < 4.78 is 52.7. The minimum absolute atomic E-state index is 0.105. The molecule has 2 aromatic heterocycles. The third kappa shape index (κ3) is 6.06. The van der Waals surface area contributed by atoms with E-state index in [1.54, 1.807) is 32.0 Å². The average Bonchev–Trinajstić information content (AvgIpc) is 3.43. The number of nitrogens with zero attached hydrogens (tertiary/aromatic N) is 4. The number of alkyl halides is 1. The molecule has 1 unspecified atom stereocenters. The van der Waals surface area contributed by atoms with Crippen LogP contribution in [0.4, 0.5) is 4.39 Å². The molecule has 39 heavy (non-hydrogen) atoms. The maximum absolute atomic E-state index is 15.9. The molecule has 0 bridgehead atoms. The molecule has 0 aliphatic carbocycles. The first kappa shape index (κ1) is 28.9. The lowest BCUT2D eigenvalue weighted by molar-refractivity contribution is -0.149. The number of fused-ring (bicyclic) bond motifs is 1. The number of ether oxygens (including phenoxy) is 2. The van der Waals surface area contributed by atoms with E-state index >= 15 is 4.39 Å². The first-order valence-electron chi connectivity index (χ1n) is 11.9. The van der Waals surface area contributed by atoms with E-state index < -0.39 is 56.6 Å². The molecule has 4 rings (SSSR count). The van der Waals surface area contributed by atoms with Crippen molar-refractivity contribution >= 4 is 36.4 Å². The van der Waals surface area contributed by atoms with Gasteiger partial charge in [0.05, 0.1) is 18.1 Å². The summed E-state index contributed by atoms with van der Waals surface area (Å²) in [5, 5.41) is 23.4. The Labute approximate surface area is 228 Å². The van der Waals surface area contributed by atoms with E-state index in [1.807, 2.05) is 0 Å². The number of carbonyl (C=O) groups is 1. The average molecular weight is 582 g/mol. The standard InChI is InChI=1S/C24H26ClFN5O7P/c1-14(2)36-22(33)15(3)30-39(34,38-16-7-5-4-6-8-16)35-11-18-19(32)24(26,12-27)23(37-18)31-10-9-17-20(25)28-13-29-21(17)31/h4-10,13-15,18-19,23,32H,11H2,1-3H3,(H,30,34)/t15-,18-,19-,23-,24-,39?/m1/s1. The molecule has 1 fully saturated rings. The predicted molar refractivity (Wildman–Crippen MR) is 136 cm³/mol. The van der Waals surface area contributed by atoms with Crippen molar-refractivity contribution in [2.45, 2.75) is 57.0 Å². The zero-order valence-corrected chi connectivity index (χ0v) is 22.8. The number of carbonyl (C=O) groups excluding carboxylic acids is 1. The van der Waals surface area contributed by atoms with Crippen LogP contribution in [0.1, 0.15) is 27.0 Å². The molecular weight excluding hydrogens is 556 g/mol. The zero-order valence-electron chi connectivity index (χ0n) is 21.1. The number of rotatable bonds is 10. The minimum Gasteiger partial charge on any atom is -0.462 e. The Kier molecular flexibility index (Phi) is 8.56. The van der Waals surface area contributed by atoms with Crippen molar-refractivity contribution in [3.63, 3.8) is 0 Å². The Balaban J connectivity index is 1.57. The van der Waals surface area contributed by atoms with Crippen molar-refractivity contribution in [2.75, 3.05) is 6.61 Å². The van der Waals surface area contributed by atoms with Crippen molar-refractivity contribution in [1.29, 1.82) is 5.26 Å². The van der Waals surface area contributed by atoms with E-state index in [0.29, 0.717) is 5.39 Å². The Morgan fingerprint density at radius 1 is 1.33 bits per heavy atom. The van der Waals surface area contributed by atoms with Crippen LogP contribution in [0, 0.1) is 11.3 Å². The van der Waals surface area contributed by atoms with E-state index in [4.69, 9.17) is 30.1 Å². The van der Waals surface area contributed by atoms with Gasteiger partial charge in [-0.25, -0.2) is 18.9 Å². The number of hydrogen-bond donors (Lipinski definition) is 2. The molecule has 0 amide bonds. The Bertz CT molecular complexity index is 1420. The molecular formula is C24H26ClFN5O7P. The van der Waals surface area contributed by atoms with E-state index in [9.17, 15) is 19.7 Å². The van der Waals surface area contributed by atoms with Crippen LogP contribution < -0.4 is 9.61 Å². The normalized spacial score (nSPS) is 25.2. The van der Waals surface area contributed by atoms with Crippen LogP contribution in [0.25, 0.3) is 11.0 Å². The van der Waals surface area contributed by atoms with Gasteiger partial charge in [-0.15, -0.1) is 0 Å². The summed E-state index contributed by atoms with van der Waals surface area (Å²) in [7, 11) is -4.34. The summed E-state index contributed by atoms with van der Waals surface area (Å²) in [5.41, 5.74) is -2.77. The van der Waals surface area contributed by atoms with Gasteiger partial charge in [-0.05, 0) is 39.0 Å². The van der Waals surface area contributed by atoms with Crippen LogP contribution >= 0.6 is 19.3 Å². The van der Waals surface area contributed by atoms with Gasteiger partial charge in [0.2, 0.25) is 0 Å². The minimum atomic E-state index is -4.34. The van der Waals surface area contributed by atoms with Crippen LogP contribution in [0.15, 0.2) is 48.9 Å². The molecule has 6 atom stereocenters. The molecule has 1 aromatic carbocycles. The molecule has 208 valence electrons. The number of benzene rings is 1. The lowest BCUT2D eigenvalue weighted by Crippen LogP contribution is -2.42. The second-order valence-electron chi connectivity index (χ2n) is 9.01. The van der Waals surface area contributed by atoms with Gasteiger partial charge in [0.15, 0.2) is 6.23 Å². The highest BCUT2D eigenvalue weighted by Gasteiger charge is 2.59. The highest BCUT2D eigenvalue weighted by atomic mass is 35.5. The van der Waals surface area contributed by atoms with Gasteiger partial charge in [0, 0.05) is 6.20 Å². The lowest BCUT2D eigenvalue weighted by atomic mass is 9.98. The molecule has 15 heteroatoms. The van der Waals surface area contributed by atoms with Gasteiger partial charge >= 0.3 is 13.7 Å². The van der Waals surface area contributed by atoms with Crippen LogP contribution in [-0.4, -0.2) is 62.2 Å². The molecule has 1 aliphatic rings. The number of hydrogen-bond acceptors (Lipinski definition) is 10. The first-order valence-corrected chi connectivity index (χ1v) is 13.8. The quantitative estimate of drug-likeness (QED) is 0.204. The van der Waals surface area contributed by atoms with Gasteiger partial charge in [-0.3, -0.25) is 9.32 Å². The molecule has 3 aromatic rings. The van der Waals surface area contributed by atoms with Crippen LogP contribution in [-0.2, 0) is 23.4 Å². The van der Waals surface area contributed by atoms with Gasteiger partial charge < -0.3 is 23.7 Å². The monoisotopic (exact) mass is 581 g/mol. The smallest absolute Gasteiger partial charge is 0.459 e. The van der Waals surface area contributed by atoms with E-state index in [0.717, 1.165) is 6.33 Å². The summed E-state index contributed by atoms with van der Waals surface area (Å²) in [6.07, 6.45) is -3.02. The largest absolute Gasteiger partial charge is 0.462 e. The number of aliphatic hydroxyl groups is 1. The summed E-state index contributed by atoms with van der Waals surface area (Å²) in [5.74, 6) is -0.564. The highest BCUT2D eigenvalue weighted by molar-refractivity contribution is 7.52. The van der Waals surface area contributed by atoms with Crippen molar-refractivity contribution in [1.82, 2.24) is 19.6 Å². The molecule has 3 heterocycles. The number of aliphatic hydroxyl groups excluding tert-OH is 1. The Hall–Kier alpha value is -3.11. The molecule has 0 spiro atoms. The molecule has 2 N–H and O–H groups in total. The maximum Gasteiger partial charge on any atom is 0.459 e. The van der Waals surface area contributed by atoms with Crippen molar-refractivity contribution in [3.05, 3.63) is 54.1 Å². The fraction of sp³-hybridized carbons (Fsp3) is 0.417. The highest BCUT2D eigenvalue weighted by Crippen LogP contribution is 2.48. The van der Waals surface area contributed by atoms with Gasteiger partial charge in [-0.1, -0.05) is 29.8 Å². The fourth-order valence-electron chi connectivity index (χ4n) is 3.91. The maximum atomic E-state index is 15.9.